The zero-order valence-corrected chi connectivity index (χ0v) is 9.75. The molecule has 1 aromatic rings. The topological polar surface area (TPSA) is 29.1 Å². The van der Waals surface area contributed by atoms with Crippen LogP contribution in [0.3, 0.4) is 0 Å². The van der Waals surface area contributed by atoms with E-state index in [1.165, 1.54) is 0 Å². The predicted molar refractivity (Wildman–Crippen MR) is 61.7 cm³/mol. The number of carbonyl (C=O) groups excluding carboxylic acids is 1. The number of amides is 1. The largest absolute Gasteiger partial charge is 0.352 e. The smallest absolute Gasteiger partial charge is 0.251 e. The summed E-state index contributed by atoms with van der Waals surface area (Å²) in [4.78, 5) is 11.5. The number of hydrogen-bond donors (Lipinski definition) is 1. The van der Waals surface area contributed by atoms with Crippen molar-refractivity contribution >= 4 is 21.8 Å². The number of benzene rings is 1. The summed E-state index contributed by atoms with van der Waals surface area (Å²) in [6.45, 7) is 2.79. The normalized spacial score (nSPS) is 12.1. The maximum Gasteiger partial charge on any atom is 0.251 e. The third-order valence-corrected chi connectivity index (χ3v) is 3.02. The lowest BCUT2D eigenvalue weighted by Crippen LogP contribution is -2.28. The van der Waals surface area contributed by atoms with Crippen molar-refractivity contribution in [2.75, 3.05) is 11.9 Å². The van der Waals surface area contributed by atoms with Gasteiger partial charge in [0.05, 0.1) is 0 Å². The molecule has 1 unspecified atom stereocenters. The number of halogens is 1. The van der Waals surface area contributed by atoms with Gasteiger partial charge in [-0.05, 0) is 18.1 Å². The number of alkyl halides is 1. The fraction of sp³-hybridized carbons (Fsp3) is 0.364. The van der Waals surface area contributed by atoms with E-state index in [1.807, 2.05) is 30.3 Å². The van der Waals surface area contributed by atoms with E-state index in [9.17, 15) is 4.79 Å². The molecule has 0 aliphatic carbocycles. The minimum atomic E-state index is -0.00148. The van der Waals surface area contributed by atoms with Gasteiger partial charge in [-0.1, -0.05) is 41.1 Å². The van der Waals surface area contributed by atoms with E-state index in [1.54, 1.807) is 0 Å². The van der Waals surface area contributed by atoms with Crippen molar-refractivity contribution in [2.24, 2.45) is 5.92 Å². The maximum absolute atomic E-state index is 11.5. The predicted octanol–water partition coefficient (Wildman–Crippen LogP) is 2.45. The molecule has 76 valence electrons. The van der Waals surface area contributed by atoms with Gasteiger partial charge in [0.25, 0.3) is 5.91 Å². The first-order chi connectivity index (χ1) is 6.74. The molecular formula is C11H14BrNO. The molecule has 0 saturated heterocycles. The van der Waals surface area contributed by atoms with Gasteiger partial charge in [-0.2, -0.15) is 0 Å². The molecule has 3 heteroatoms. The van der Waals surface area contributed by atoms with Crippen molar-refractivity contribution in [3.63, 3.8) is 0 Å². The first kappa shape index (κ1) is 11.2. The Morgan fingerprint density at radius 3 is 2.64 bits per heavy atom. The molecule has 0 aliphatic heterocycles. The van der Waals surface area contributed by atoms with Gasteiger partial charge in [0, 0.05) is 17.4 Å². The average molecular weight is 256 g/mol. The van der Waals surface area contributed by atoms with Crippen LogP contribution in [0.2, 0.25) is 0 Å². The lowest BCUT2D eigenvalue weighted by atomic mass is 10.2. The van der Waals surface area contributed by atoms with Gasteiger partial charge < -0.3 is 5.32 Å². The summed E-state index contributed by atoms with van der Waals surface area (Å²) in [6.07, 6.45) is 0. The summed E-state index contributed by atoms with van der Waals surface area (Å²) in [5.41, 5.74) is 0.717. The second kappa shape index (κ2) is 5.81. The third kappa shape index (κ3) is 3.50. The Kier molecular flexibility index (Phi) is 4.66. The second-order valence-electron chi connectivity index (χ2n) is 3.34. The minimum absolute atomic E-state index is 0.00148. The molecule has 1 aromatic carbocycles. The summed E-state index contributed by atoms with van der Waals surface area (Å²) < 4.78 is 0. The average Bonchev–Trinajstić information content (AvgIpc) is 2.26. The third-order valence-electron chi connectivity index (χ3n) is 1.91. The first-order valence-electron chi connectivity index (χ1n) is 4.63. The van der Waals surface area contributed by atoms with Gasteiger partial charge in [-0.25, -0.2) is 0 Å². The van der Waals surface area contributed by atoms with Crippen molar-refractivity contribution < 1.29 is 4.79 Å². The number of carbonyl (C=O) groups is 1. The van der Waals surface area contributed by atoms with Gasteiger partial charge in [0.1, 0.15) is 0 Å². The Hall–Kier alpha value is -0.830. The Labute approximate surface area is 92.8 Å². The molecule has 0 aliphatic rings. The number of rotatable bonds is 4. The molecule has 0 fully saturated rings. The van der Waals surface area contributed by atoms with Crippen LogP contribution in [-0.2, 0) is 0 Å². The summed E-state index contributed by atoms with van der Waals surface area (Å²) in [5, 5.41) is 3.79. The molecule has 1 atom stereocenters. The second-order valence-corrected chi connectivity index (χ2v) is 3.98. The highest BCUT2D eigenvalue weighted by Gasteiger charge is 2.05. The number of hydrogen-bond acceptors (Lipinski definition) is 1. The van der Waals surface area contributed by atoms with Crippen LogP contribution in [0.4, 0.5) is 0 Å². The first-order valence-corrected chi connectivity index (χ1v) is 5.75. The highest BCUT2D eigenvalue weighted by atomic mass is 79.9. The van der Waals surface area contributed by atoms with Crippen LogP contribution in [0.25, 0.3) is 0 Å². The van der Waals surface area contributed by atoms with Crippen LogP contribution in [0.15, 0.2) is 30.3 Å². The van der Waals surface area contributed by atoms with Gasteiger partial charge in [0.2, 0.25) is 0 Å². The van der Waals surface area contributed by atoms with E-state index in [-0.39, 0.29) is 5.91 Å². The monoisotopic (exact) mass is 255 g/mol. The molecule has 1 rings (SSSR count). The van der Waals surface area contributed by atoms with Crippen LogP contribution < -0.4 is 5.32 Å². The summed E-state index contributed by atoms with van der Waals surface area (Å²) in [5.74, 6) is 0.459. The van der Waals surface area contributed by atoms with Gasteiger partial charge in [-0.15, -0.1) is 0 Å². The minimum Gasteiger partial charge on any atom is -0.352 e. The molecule has 14 heavy (non-hydrogen) atoms. The van der Waals surface area contributed by atoms with E-state index >= 15 is 0 Å². The van der Waals surface area contributed by atoms with Crippen molar-refractivity contribution in [3.05, 3.63) is 35.9 Å². The molecule has 0 spiro atoms. The molecule has 0 radical (unpaired) electrons. The SMILES string of the molecule is CC(CBr)CNC(=O)c1ccccc1. The van der Waals surface area contributed by atoms with Crippen molar-refractivity contribution in [3.8, 4) is 0 Å². The van der Waals surface area contributed by atoms with Crippen molar-refractivity contribution in [1.82, 2.24) is 5.32 Å². The Morgan fingerprint density at radius 1 is 1.43 bits per heavy atom. The molecule has 0 bridgehead atoms. The van der Waals surface area contributed by atoms with E-state index < -0.39 is 0 Å². The molecule has 0 aromatic heterocycles. The molecule has 1 N–H and O–H groups in total. The van der Waals surface area contributed by atoms with Crippen LogP contribution >= 0.6 is 15.9 Å². The molecule has 2 nitrogen and oxygen atoms in total. The lowest BCUT2D eigenvalue weighted by Gasteiger charge is -2.09. The summed E-state index contributed by atoms with van der Waals surface area (Å²) in [6, 6.07) is 9.26. The zero-order chi connectivity index (χ0) is 10.4. The Morgan fingerprint density at radius 2 is 2.07 bits per heavy atom. The standard InChI is InChI=1S/C11H14BrNO/c1-9(7-12)8-13-11(14)10-5-3-2-4-6-10/h2-6,9H,7-8H2,1H3,(H,13,14). The van der Waals surface area contributed by atoms with Gasteiger partial charge in [-0.3, -0.25) is 4.79 Å². The van der Waals surface area contributed by atoms with Crippen molar-refractivity contribution in [1.29, 1.82) is 0 Å². The van der Waals surface area contributed by atoms with Crippen LogP contribution in [-0.4, -0.2) is 17.8 Å². The molecule has 0 saturated carbocycles. The highest BCUT2D eigenvalue weighted by molar-refractivity contribution is 9.09. The van der Waals surface area contributed by atoms with E-state index in [4.69, 9.17) is 0 Å². The fourth-order valence-corrected chi connectivity index (χ4v) is 1.24. The quantitative estimate of drug-likeness (QED) is 0.824. The summed E-state index contributed by atoms with van der Waals surface area (Å²) >= 11 is 3.37. The Bertz CT molecular complexity index is 287. The van der Waals surface area contributed by atoms with Gasteiger partial charge >= 0.3 is 0 Å². The zero-order valence-electron chi connectivity index (χ0n) is 8.16. The fourth-order valence-electron chi connectivity index (χ4n) is 1.01. The van der Waals surface area contributed by atoms with Crippen LogP contribution in [0, 0.1) is 5.92 Å². The lowest BCUT2D eigenvalue weighted by molar-refractivity contribution is 0.0949. The van der Waals surface area contributed by atoms with Crippen LogP contribution in [0.1, 0.15) is 17.3 Å². The number of nitrogens with one attached hydrogen (secondary N) is 1. The summed E-state index contributed by atoms with van der Waals surface area (Å²) in [7, 11) is 0. The molecule has 1 amide bonds. The maximum atomic E-state index is 11.5. The molecule has 0 heterocycles. The van der Waals surface area contributed by atoms with E-state index in [2.05, 4.69) is 28.2 Å². The van der Waals surface area contributed by atoms with Gasteiger partial charge in [0.15, 0.2) is 0 Å². The highest BCUT2D eigenvalue weighted by Crippen LogP contribution is 2.00. The molecular weight excluding hydrogens is 242 g/mol. The Balaban J connectivity index is 2.44. The van der Waals surface area contributed by atoms with Crippen molar-refractivity contribution in [2.45, 2.75) is 6.92 Å². The van der Waals surface area contributed by atoms with Crippen LogP contribution in [0.5, 0.6) is 0 Å². The van der Waals surface area contributed by atoms with E-state index in [0.717, 1.165) is 5.33 Å². The van der Waals surface area contributed by atoms with E-state index in [0.29, 0.717) is 18.0 Å².